The summed E-state index contributed by atoms with van der Waals surface area (Å²) < 4.78 is 0. The molecule has 2 N–H and O–H groups in total. The highest BCUT2D eigenvalue weighted by atomic mass is 127. The van der Waals surface area contributed by atoms with Crippen LogP contribution in [0.4, 0.5) is 5.69 Å². The van der Waals surface area contributed by atoms with Crippen LogP contribution >= 0.6 is 24.0 Å². The number of hydrogen-bond acceptors (Lipinski definition) is 3. The number of hydrogen-bond donors (Lipinski definition) is 2. The van der Waals surface area contributed by atoms with E-state index in [1.807, 2.05) is 0 Å². The molecule has 7 heteroatoms. The highest BCUT2D eigenvalue weighted by Crippen LogP contribution is 2.28. The van der Waals surface area contributed by atoms with Gasteiger partial charge in [0.25, 0.3) is 0 Å². The Balaban J connectivity index is 0.00000320. The van der Waals surface area contributed by atoms with Crippen molar-refractivity contribution in [2.24, 2.45) is 10.9 Å². The summed E-state index contributed by atoms with van der Waals surface area (Å²) in [4.78, 5) is 21.7. The summed E-state index contributed by atoms with van der Waals surface area (Å²) in [6, 6.07) is 6.77. The molecule has 6 nitrogen and oxygen atoms in total. The van der Waals surface area contributed by atoms with Crippen LogP contribution in [0.3, 0.4) is 0 Å². The van der Waals surface area contributed by atoms with Gasteiger partial charge in [0.15, 0.2) is 5.96 Å². The van der Waals surface area contributed by atoms with E-state index in [0.29, 0.717) is 12.5 Å². The van der Waals surface area contributed by atoms with Gasteiger partial charge in [-0.05, 0) is 50.3 Å². The molecule has 0 spiro atoms. The molecule has 1 aromatic carbocycles. The Morgan fingerprint density at radius 3 is 2.63 bits per heavy atom. The Hall–Kier alpha value is -1.51. The average molecular weight is 527 g/mol. The van der Waals surface area contributed by atoms with Gasteiger partial charge in [-0.15, -0.1) is 24.0 Å². The molecule has 0 radical (unpaired) electrons. The lowest BCUT2D eigenvalue weighted by molar-refractivity contribution is -0.134. The van der Waals surface area contributed by atoms with E-state index in [9.17, 15) is 4.79 Å². The van der Waals surface area contributed by atoms with E-state index in [-0.39, 0.29) is 35.9 Å². The molecular formula is C23H38IN5O. The van der Waals surface area contributed by atoms with Crippen molar-refractivity contribution in [1.29, 1.82) is 0 Å². The minimum atomic E-state index is 0. The zero-order chi connectivity index (χ0) is 20.8. The standard InChI is InChI=1S/C23H37N5O.HI/c1-5-24-23(25-15-19-11-10-17(2)14-21(19)27(3)4)26-20-12-13-28(16-20)22(29)18-8-6-7-9-18;/h10-11,14,18,20H,5-9,12-13,15-16H2,1-4H3,(H2,24,25,26);1H. The summed E-state index contributed by atoms with van der Waals surface area (Å²) in [6.45, 7) is 7.28. The molecule has 3 rings (SSSR count). The summed E-state index contributed by atoms with van der Waals surface area (Å²) >= 11 is 0. The second-order valence-electron chi connectivity index (χ2n) is 8.62. The van der Waals surface area contributed by atoms with E-state index in [4.69, 9.17) is 4.99 Å². The molecule has 168 valence electrons. The lowest BCUT2D eigenvalue weighted by Crippen LogP contribution is -2.45. The molecule has 1 saturated carbocycles. The van der Waals surface area contributed by atoms with Gasteiger partial charge in [0.1, 0.15) is 0 Å². The number of aliphatic imine (C=N–C) groups is 1. The van der Waals surface area contributed by atoms with Crippen LogP contribution in [0, 0.1) is 12.8 Å². The van der Waals surface area contributed by atoms with Crippen molar-refractivity contribution in [3.63, 3.8) is 0 Å². The van der Waals surface area contributed by atoms with E-state index in [1.165, 1.54) is 29.7 Å². The topological polar surface area (TPSA) is 60.0 Å². The average Bonchev–Trinajstić information content (AvgIpc) is 3.38. The van der Waals surface area contributed by atoms with E-state index in [2.05, 4.69) is 66.6 Å². The molecule has 1 aliphatic heterocycles. The number of carbonyl (C=O) groups is 1. The first kappa shape index (κ1) is 24.8. The van der Waals surface area contributed by atoms with E-state index >= 15 is 0 Å². The third-order valence-corrected chi connectivity index (χ3v) is 6.02. The molecule has 0 aromatic heterocycles. The Morgan fingerprint density at radius 1 is 1.23 bits per heavy atom. The van der Waals surface area contributed by atoms with Gasteiger partial charge in [0, 0.05) is 51.4 Å². The summed E-state index contributed by atoms with van der Waals surface area (Å²) in [5.41, 5.74) is 3.67. The zero-order valence-corrected chi connectivity index (χ0v) is 21.2. The number of benzene rings is 1. The third-order valence-electron chi connectivity index (χ3n) is 6.02. The first-order valence-electron chi connectivity index (χ1n) is 11.1. The van der Waals surface area contributed by atoms with Crippen LogP contribution in [-0.4, -0.2) is 56.5 Å². The van der Waals surface area contributed by atoms with Crippen molar-refractivity contribution >= 4 is 41.5 Å². The van der Waals surface area contributed by atoms with Crippen molar-refractivity contribution in [3.8, 4) is 0 Å². The lowest BCUT2D eigenvalue weighted by Gasteiger charge is -2.22. The second-order valence-corrected chi connectivity index (χ2v) is 8.62. The van der Waals surface area contributed by atoms with Crippen LogP contribution < -0.4 is 15.5 Å². The van der Waals surface area contributed by atoms with Crippen LogP contribution in [0.1, 0.15) is 50.2 Å². The third kappa shape index (κ3) is 6.49. The van der Waals surface area contributed by atoms with Crippen molar-refractivity contribution in [3.05, 3.63) is 29.3 Å². The van der Waals surface area contributed by atoms with Crippen LogP contribution in [0.15, 0.2) is 23.2 Å². The maximum absolute atomic E-state index is 12.7. The zero-order valence-electron chi connectivity index (χ0n) is 18.9. The maximum Gasteiger partial charge on any atom is 0.225 e. The molecule has 1 aromatic rings. The van der Waals surface area contributed by atoms with Crippen LogP contribution in [0.25, 0.3) is 0 Å². The molecule has 2 aliphatic rings. The SMILES string of the molecule is CCNC(=NCc1ccc(C)cc1N(C)C)NC1CCN(C(=O)C2CCCC2)C1.I. The van der Waals surface area contributed by atoms with E-state index < -0.39 is 0 Å². The monoisotopic (exact) mass is 527 g/mol. The predicted molar refractivity (Wildman–Crippen MR) is 136 cm³/mol. The molecule has 1 heterocycles. The molecule has 30 heavy (non-hydrogen) atoms. The number of likely N-dealkylation sites (tertiary alicyclic amines) is 1. The number of nitrogens with one attached hydrogen (secondary N) is 2. The van der Waals surface area contributed by atoms with Gasteiger partial charge in [-0.3, -0.25) is 4.79 Å². The van der Waals surface area contributed by atoms with Gasteiger partial charge in [-0.2, -0.15) is 0 Å². The van der Waals surface area contributed by atoms with Gasteiger partial charge in [-0.25, -0.2) is 4.99 Å². The minimum absolute atomic E-state index is 0. The number of amides is 1. The number of nitrogens with zero attached hydrogens (tertiary/aromatic N) is 3. The Bertz CT molecular complexity index is 730. The van der Waals surface area contributed by atoms with Gasteiger partial charge in [0.05, 0.1) is 6.54 Å². The lowest BCUT2D eigenvalue weighted by atomic mass is 10.1. The summed E-state index contributed by atoms with van der Waals surface area (Å²) in [7, 11) is 4.14. The number of anilines is 1. The van der Waals surface area contributed by atoms with Crippen molar-refractivity contribution in [1.82, 2.24) is 15.5 Å². The molecule has 1 atom stereocenters. The molecule has 0 bridgehead atoms. The fourth-order valence-electron chi connectivity index (χ4n) is 4.41. The predicted octanol–water partition coefficient (Wildman–Crippen LogP) is 3.53. The quantitative estimate of drug-likeness (QED) is 0.338. The highest BCUT2D eigenvalue weighted by Gasteiger charge is 2.32. The maximum atomic E-state index is 12.7. The van der Waals surface area contributed by atoms with Crippen molar-refractivity contribution in [2.45, 2.75) is 58.5 Å². The first-order chi connectivity index (χ1) is 14.0. The first-order valence-corrected chi connectivity index (χ1v) is 11.1. The van der Waals surface area contributed by atoms with E-state index in [0.717, 1.165) is 44.9 Å². The van der Waals surface area contributed by atoms with Crippen LogP contribution in [0.2, 0.25) is 0 Å². The van der Waals surface area contributed by atoms with Crippen LogP contribution in [-0.2, 0) is 11.3 Å². The van der Waals surface area contributed by atoms with Crippen molar-refractivity contribution < 1.29 is 4.79 Å². The summed E-state index contributed by atoms with van der Waals surface area (Å²) in [6.07, 6.45) is 5.54. The van der Waals surface area contributed by atoms with Gasteiger partial charge < -0.3 is 20.4 Å². The summed E-state index contributed by atoms with van der Waals surface area (Å²) in [5.74, 6) is 1.46. The van der Waals surface area contributed by atoms with Crippen molar-refractivity contribution in [2.75, 3.05) is 38.6 Å². The molecule has 1 saturated heterocycles. The number of halogens is 1. The van der Waals surface area contributed by atoms with Crippen LogP contribution in [0.5, 0.6) is 0 Å². The summed E-state index contributed by atoms with van der Waals surface area (Å²) in [5, 5.41) is 6.91. The van der Waals surface area contributed by atoms with E-state index in [1.54, 1.807) is 0 Å². The Labute approximate surface area is 198 Å². The number of aryl methyl sites for hydroxylation is 1. The minimum Gasteiger partial charge on any atom is -0.377 e. The highest BCUT2D eigenvalue weighted by molar-refractivity contribution is 14.0. The molecule has 1 aliphatic carbocycles. The largest absolute Gasteiger partial charge is 0.377 e. The van der Waals surface area contributed by atoms with Gasteiger partial charge in [-0.1, -0.05) is 25.0 Å². The molecule has 1 unspecified atom stereocenters. The fraction of sp³-hybridized carbons (Fsp3) is 0.652. The molecular weight excluding hydrogens is 489 g/mol. The fourth-order valence-corrected chi connectivity index (χ4v) is 4.41. The Kier molecular flexibility index (Phi) is 9.71. The Morgan fingerprint density at radius 2 is 1.97 bits per heavy atom. The molecule has 1 amide bonds. The molecule has 2 fully saturated rings. The number of rotatable bonds is 6. The number of carbonyl (C=O) groups excluding carboxylic acids is 1. The second kappa shape index (κ2) is 11.8. The smallest absolute Gasteiger partial charge is 0.225 e. The van der Waals surface area contributed by atoms with Gasteiger partial charge >= 0.3 is 0 Å². The number of guanidine groups is 1. The normalized spacial score (nSPS) is 19.5. The van der Waals surface area contributed by atoms with Gasteiger partial charge in [0.2, 0.25) is 5.91 Å².